The third kappa shape index (κ3) is 3.30. The molecule has 1 aliphatic rings. The fourth-order valence-electron chi connectivity index (χ4n) is 2.33. The number of pyridine rings is 1. The minimum absolute atomic E-state index is 0.00331. The Morgan fingerprint density at radius 1 is 1.53 bits per heavy atom. The second kappa shape index (κ2) is 6.31. The highest BCUT2D eigenvalue weighted by Gasteiger charge is 2.26. The van der Waals surface area contributed by atoms with E-state index in [1.165, 1.54) is 0 Å². The summed E-state index contributed by atoms with van der Waals surface area (Å²) in [5.74, 6) is -0.0889. The van der Waals surface area contributed by atoms with Gasteiger partial charge < -0.3 is 9.64 Å². The number of carbonyl (C=O) groups excluding carboxylic acids is 2. The smallest absolute Gasteiger partial charge is 0.309 e. The molecule has 5 heteroatoms. The first kappa shape index (κ1) is 13.5. The number of piperidine rings is 1. The highest BCUT2D eigenvalue weighted by Crippen LogP contribution is 2.24. The van der Waals surface area contributed by atoms with E-state index < -0.39 is 0 Å². The zero-order chi connectivity index (χ0) is 13.7. The van der Waals surface area contributed by atoms with Gasteiger partial charge in [-0.25, -0.2) is 0 Å². The molecule has 0 spiro atoms. The topological polar surface area (TPSA) is 59.5 Å². The summed E-state index contributed by atoms with van der Waals surface area (Å²) in [4.78, 5) is 28.5. The Balaban J connectivity index is 1.95. The average Bonchev–Trinajstić information content (AvgIpc) is 2.48. The van der Waals surface area contributed by atoms with Gasteiger partial charge in [0.05, 0.1) is 12.5 Å². The summed E-state index contributed by atoms with van der Waals surface area (Å²) in [5, 5.41) is 0. The van der Waals surface area contributed by atoms with Crippen LogP contribution in [0, 0.1) is 5.92 Å². The predicted octanol–water partition coefficient (Wildman–Crippen LogP) is 1.67. The molecule has 0 amide bonds. The number of aldehydes is 1. The lowest BCUT2D eigenvalue weighted by molar-refractivity contribution is -0.148. The molecule has 1 saturated heterocycles. The van der Waals surface area contributed by atoms with E-state index in [1.807, 2.05) is 13.0 Å². The van der Waals surface area contributed by atoms with Crippen LogP contribution in [0.3, 0.4) is 0 Å². The number of esters is 1. The molecular formula is C14H18N2O3. The Kier molecular flexibility index (Phi) is 4.49. The summed E-state index contributed by atoms with van der Waals surface area (Å²) in [7, 11) is 0. The SMILES string of the molecule is CCOC(=O)C1CCN(c2ccnc(C=O)c2)CC1. The summed E-state index contributed by atoms with van der Waals surface area (Å²) in [6.45, 7) is 3.86. The molecule has 0 N–H and O–H groups in total. The molecule has 5 nitrogen and oxygen atoms in total. The van der Waals surface area contributed by atoms with Gasteiger partial charge in [0.1, 0.15) is 5.69 Å². The van der Waals surface area contributed by atoms with Gasteiger partial charge in [0, 0.05) is 25.0 Å². The highest BCUT2D eigenvalue weighted by atomic mass is 16.5. The second-order valence-corrected chi connectivity index (χ2v) is 4.57. The number of ether oxygens (including phenoxy) is 1. The van der Waals surface area contributed by atoms with Crippen LogP contribution >= 0.6 is 0 Å². The first-order valence-electron chi connectivity index (χ1n) is 6.57. The number of hydrogen-bond acceptors (Lipinski definition) is 5. The van der Waals surface area contributed by atoms with E-state index in [-0.39, 0.29) is 11.9 Å². The van der Waals surface area contributed by atoms with Gasteiger partial charge in [-0.3, -0.25) is 14.6 Å². The van der Waals surface area contributed by atoms with Crippen molar-refractivity contribution < 1.29 is 14.3 Å². The summed E-state index contributed by atoms with van der Waals surface area (Å²) in [6, 6.07) is 3.66. The first-order chi connectivity index (χ1) is 9.24. The number of anilines is 1. The van der Waals surface area contributed by atoms with E-state index in [2.05, 4.69) is 9.88 Å². The monoisotopic (exact) mass is 262 g/mol. The number of carbonyl (C=O) groups is 2. The Bertz CT molecular complexity index is 454. The standard InChI is InChI=1S/C14H18N2O3/c1-2-19-14(18)11-4-7-16(8-5-11)13-3-6-15-12(9-13)10-17/h3,6,9-11H,2,4-5,7-8H2,1H3. The van der Waals surface area contributed by atoms with Gasteiger partial charge in [0.15, 0.2) is 6.29 Å². The van der Waals surface area contributed by atoms with Crippen molar-refractivity contribution in [3.63, 3.8) is 0 Å². The Morgan fingerprint density at radius 2 is 2.26 bits per heavy atom. The Hall–Kier alpha value is -1.91. The summed E-state index contributed by atoms with van der Waals surface area (Å²) >= 11 is 0. The normalized spacial score (nSPS) is 16.2. The largest absolute Gasteiger partial charge is 0.466 e. The average molecular weight is 262 g/mol. The molecule has 0 aliphatic carbocycles. The fourth-order valence-corrected chi connectivity index (χ4v) is 2.33. The molecule has 1 aromatic rings. The second-order valence-electron chi connectivity index (χ2n) is 4.57. The molecule has 0 unspecified atom stereocenters. The van der Waals surface area contributed by atoms with Gasteiger partial charge in [0.25, 0.3) is 0 Å². The van der Waals surface area contributed by atoms with Crippen LogP contribution in [0.1, 0.15) is 30.3 Å². The van der Waals surface area contributed by atoms with Crippen LogP contribution in [0.5, 0.6) is 0 Å². The van der Waals surface area contributed by atoms with Crippen LogP contribution < -0.4 is 4.90 Å². The van der Waals surface area contributed by atoms with E-state index in [0.717, 1.165) is 37.9 Å². The van der Waals surface area contributed by atoms with E-state index in [0.29, 0.717) is 12.3 Å². The Morgan fingerprint density at radius 3 is 2.89 bits per heavy atom. The molecule has 0 saturated carbocycles. The fraction of sp³-hybridized carbons (Fsp3) is 0.500. The molecule has 1 fully saturated rings. The van der Waals surface area contributed by atoms with Crippen LogP contribution in [0.15, 0.2) is 18.3 Å². The van der Waals surface area contributed by atoms with Crippen LogP contribution in [0.25, 0.3) is 0 Å². The lowest BCUT2D eigenvalue weighted by Gasteiger charge is -2.32. The molecule has 1 aliphatic heterocycles. The lowest BCUT2D eigenvalue weighted by Crippen LogP contribution is -2.37. The van der Waals surface area contributed by atoms with Crippen molar-refractivity contribution in [2.24, 2.45) is 5.92 Å². The van der Waals surface area contributed by atoms with Crippen LogP contribution in [0.4, 0.5) is 5.69 Å². The molecule has 0 radical (unpaired) electrons. The summed E-state index contributed by atoms with van der Waals surface area (Å²) < 4.78 is 5.05. The van der Waals surface area contributed by atoms with Crippen molar-refractivity contribution >= 4 is 17.9 Å². The highest BCUT2D eigenvalue weighted by molar-refractivity contribution is 5.74. The van der Waals surface area contributed by atoms with Crippen LogP contribution in [-0.2, 0) is 9.53 Å². The van der Waals surface area contributed by atoms with Gasteiger partial charge in [-0.05, 0) is 31.9 Å². The number of aromatic nitrogens is 1. The zero-order valence-corrected chi connectivity index (χ0v) is 11.0. The van der Waals surface area contributed by atoms with E-state index in [4.69, 9.17) is 4.74 Å². The molecule has 0 aromatic carbocycles. The molecule has 1 aromatic heterocycles. The van der Waals surface area contributed by atoms with Crippen molar-refractivity contribution in [1.29, 1.82) is 0 Å². The third-order valence-electron chi connectivity index (χ3n) is 3.37. The maximum absolute atomic E-state index is 11.6. The summed E-state index contributed by atoms with van der Waals surface area (Å²) in [5.41, 5.74) is 1.42. The van der Waals surface area contributed by atoms with Gasteiger partial charge in [-0.15, -0.1) is 0 Å². The zero-order valence-electron chi connectivity index (χ0n) is 11.0. The first-order valence-corrected chi connectivity index (χ1v) is 6.57. The van der Waals surface area contributed by atoms with Crippen molar-refractivity contribution in [1.82, 2.24) is 4.98 Å². The van der Waals surface area contributed by atoms with Crippen molar-refractivity contribution in [3.8, 4) is 0 Å². The maximum Gasteiger partial charge on any atom is 0.309 e. The maximum atomic E-state index is 11.6. The third-order valence-corrected chi connectivity index (χ3v) is 3.37. The minimum atomic E-state index is -0.0922. The van der Waals surface area contributed by atoms with Crippen LogP contribution in [-0.4, -0.2) is 36.9 Å². The molecule has 0 atom stereocenters. The number of nitrogens with zero attached hydrogens (tertiary/aromatic N) is 2. The predicted molar refractivity (Wildman–Crippen MR) is 71.2 cm³/mol. The van der Waals surface area contributed by atoms with E-state index >= 15 is 0 Å². The van der Waals surface area contributed by atoms with E-state index in [9.17, 15) is 9.59 Å². The number of rotatable bonds is 4. The molecular weight excluding hydrogens is 244 g/mol. The molecule has 19 heavy (non-hydrogen) atoms. The van der Waals surface area contributed by atoms with Crippen molar-refractivity contribution in [2.75, 3.05) is 24.6 Å². The quantitative estimate of drug-likeness (QED) is 0.610. The van der Waals surface area contributed by atoms with Crippen molar-refractivity contribution in [2.45, 2.75) is 19.8 Å². The van der Waals surface area contributed by atoms with Gasteiger partial charge >= 0.3 is 5.97 Å². The molecule has 2 rings (SSSR count). The lowest BCUT2D eigenvalue weighted by atomic mass is 9.96. The summed E-state index contributed by atoms with van der Waals surface area (Å²) in [6.07, 6.45) is 3.96. The van der Waals surface area contributed by atoms with E-state index in [1.54, 1.807) is 12.3 Å². The Labute approximate surface area is 112 Å². The number of hydrogen-bond donors (Lipinski definition) is 0. The van der Waals surface area contributed by atoms with Crippen molar-refractivity contribution in [3.05, 3.63) is 24.0 Å². The molecule has 2 heterocycles. The van der Waals surface area contributed by atoms with Gasteiger partial charge in [0.2, 0.25) is 0 Å². The minimum Gasteiger partial charge on any atom is -0.466 e. The molecule has 0 bridgehead atoms. The van der Waals surface area contributed by atoms with Gasteiger partial charge in [-0.1, -0.05) is 0 Å². The van der Waals surface area contributed by atoms with Crippen LogP contribution in [0.2, 0.25) is 0 Å². The molecule has 102 valence electrons. The van der Waals surface area contributed by atoms with Gasteiger partial charge in [-0.2, -0.15) is 0 Å².